The van der Waals surface area contributed by atoms with Crippen LogP contribution in [0.4, 0.5) is 8.78 Å². The van der Waals surface area contributed by atoms with Crippen molar-refractivity contribution < 1.29 is 13.6 Å². The van der Waals surface area contributed by atoms with Gasteiger partial charge in [0.25, 0.3) is 5.91 Å². The lowest BCUT2D eigenvalue weighted by Crippen LogP contribution is -2.30. The average molecular weight is 345 g/mol. The van der Waals surface area contributed by atoms with Gasteiger partial charge in [0, 0.05) is 0 Å². The third kappa shape index (κ3) is 3.99. The van der Waals surface area contributed by atoms with Crippen molar-refractivity contribution in [2.75, 3.05) is 0 Å². The minimum absolute atomic E-state index is 0.195. The molecule has 0 bridgehead atoms. The Balaban J connectivity index is 1.87. The lowest BCUT2D eigenvalue weighted by molar-refractivity contribution is 0.0932. The van der Waals surface area contributed by atoms with Gasteiger partial charge < -0.3 is 5.32 Å². The predicted octanol–water partition coefficient (Wildman–Crippen LogP) is 3.53. The quantitative estimate of drug-likeness (QED) is 0.770. The maximum atomic E-state index is 13.5. The van der Waals surface area contributed by atoms with Crippen LogP contribution in [0.25, 0.3) is 0 Å². The lowest BCUT2D eigenvalue weighted by Gasteiger charge is -2.19. The van der Waals surface area contributed by atoms with Crippen molar-refractivity contribution in [1.82, 2.24) is 14.1 Å². The molecule has 0 aliphatic rings. The first-order valence-corrected chi connectivity index (χ1v) is 7.93. The standard InChI is InChI=1S/C17H13F2N3OS/c18-13-5-1-3-11(7-13)8-15(12-4-2-6-14(19)9-12)21-17(23)16-10-20-24-22-16/h1-7,9-10,15H,8H2,(H,21,23)/t15-/m1/s1. The molecule has 0 saturated heterocycles. The van der Waals surface area contributed by atoms with E-state index in [2.05, 4.69) is 14.1 Å². The Morgan fingerprint density at radius 3 is 2.54 bits per heavy atom. The summed E-state index contributed by atoms with van der Waals surface area (Å²) in [6.07, 6.45) is 1.69. The summed E-state index contributed by atoms with van der Waals surface area (Å²) in [5, 5.41) is 2.81. The first-order chi connectivity index (χ1) is 11.6. The number of aromatic nitrogens is 2. The zero-order valence-electron chi connectivity index (χ0n) is 12.4. The normalized spacial score (nSPS) is 11.9. The Bertz CT molecular complexity index is 839. The van der Waals surface area contributed by atoms with Gasteiger partial charge in [0.15, 0.2) is 5.69 Å². The maximum absolute atomic E-state index is 13.5. The Morgan fingerprint density at radius 1 is 1.12 bits per heavy atom. The van der Waals surface area contributed by atoms with Crippen molar-refractivity contribution in [2.24, 2.45) is 0 Å². The predicted molar refractivity (Wildman–Crippen MR) is 86.6 cm³/mol. The fraction of sp³-hybridized carbons (Fsp3) is 0.118. The summed E-state index contributed by atoms with van der Waals surface area (Å²) >= 11 is 0.929. The van der Waals surface area contributed by atoms with E-state index in [1.807, 2.05) is 0 Å². The van der Waals surface area contributed by atoms with E-state index < -0.39 is 17.8 Å². The number of benzene rings is 2. The molecule has 7 heteroatoms. The van der Waals surface area contributed by atoms with Crippen LogP contribution in [-0.2, 0) is 6.42 Å². The van der Waals surface area contributed by atoms with Crippen molar-refractivity contribution in [3.63, 3.8) is 0 Å². The van der Waals surface area contributed by atoms with Crippen LogP contribution in [0, 0.1) is 11.6 Å². The number of nitrogens with one attached hydrogen (secondary N) is 1. The molecule has 0 aliphatic carbocycles. The molecule has 2 aromatic carbocycles. The van der Waals surface area contributed by atoms with E-state index in [-0.39, 0.29) is 11.5 Å². The number of carbonyl (C=O) groups excluding carboxylic acids is 1. The smallest absolute Gasteiger partial charge is 0.273 e. The van der Waals surface area contributed by atoms with Crippen molar-refractivity contribution >= 4 is 17.6 Å². The largest absolute Gasteiger partial charge is 0.343 e. The zero-order valence-corrected chi connectivity index (χ0v) is 13.3. The Hall–Kier alpha value is -2.67. The summed E-state index contributed by atoms with van der Waals surface area (Å²) in [5.41, 5.74) is 1.48. The number of amides is 1. The van der Waals surface area contributed by atoms with Gasteiger partial charge in [0.05, 0.1) is 24.0 Å². The highest BCUT2D eigenvalue weighted by Gasteiger charge is 2.18. The van der Waals surface area contributed by atoms with Crippen molar-refractivity contribution in [2.45, 2.75) is 12.5 Å². The van der Waals surface area contributed by atoms with E-state index in [1.54, 1.807) is 24.3 Å². The first-order valence-electron chi connectivity index (χ1n) is 7.20. The Morgan fingerprint density at radius 2 is 1.88 bits per heavy atom. The molecule has 0 radical (unpaired) electrons. The molecule has 3 rings (SSSR count). The summed E-state index contributed by atoms with van der Waals surface area (Å²) in [6, 6.07) is 11.5. The topological polar surface area (TPSA) is 54.9 Å². The molecule has 1 aromatic heterocycles. The highest BCUT2D eigenvalue weighted by molar-refractivity contribution is 6.99. The molecule has 0 aliphatic heterocycles. The molecule has 1 amide bonds. The SMILES string of the molecule is O=C(N[C@H](Cc1cccc(F)c1)c1cccc(F)c1)c1cnsn1. The van der Waals surface area contributed by atoms with Gasteiger partial charge in [0.2, 0.25) is 0 Å². The molecular weight excluding hydrogens is 332 g/mol. The summed E-state index contributed by atoms with van der Waals surface area (Å²) in [7, 11) is 0. The molecule has 0 spiro atoms. The number of rotatable bonds is 5. The number of hydrogen-bond donors (Lipinski definition) is 1. The van der Waals surface area contributed by atoms with Crippen molar-refractivity contribution in [1.29, 1.82) is 0 Å². The molecule has 1 heterocycles. The molecule has 1 atom stereocenters. The molecule has 1 N–H and O–H groups in total. The monoisotopic (exact) mass is 345 g/mol. The summed E-state index contributed by atoms with van der Waals surface area (Å²) < 4.78 is 34.6. The third-order valence-electron chi connectivity index (χ3n) is 3.48. The second kappa shape index (κ2) is 7.27. The molecular formula is C17H13F2N3OS. The molecule has 0 fully saturated rings. The number of halogens is 2. The van der Waals surface area contributed by atoms with E-state index in [0.717, 1.165) is 11.7 Å². The highest BCUT2D eigenvalue weighted by atomic mass is 32.1. The van der Waals surface area contributed by atoms with Gasteiger partial charge in [-0.15, -0.1) is 0 Å². The Kier molecular flexibility index (Phi) is 4.90. The molecule has 0 unspecified atom stereocenters. The summed E-state index contributed by atoms with van der Waals surface area (Å²) in [5.74, 6) is -1.17. The number of nitrogens with zero attached hydrogens (tertiary/aromatic N) is 2. The zero-order chi connectivity index (χ0) is 16.9. The molecule has 122 valence electrons. The van der Waals surface area contributed by atoms with Gasteiger partial charge in [0.1, 0.15) is 11.6 Å². The van der Waals surface area contributed by atoms with Crippen LogP contribution in [0.2, 0.25) is 0 Å². The minimum atomic E-state index is -0.517. The van der Waals surface area contributed by atoms with Crippen LogP contribution in [-0.4, -0.2) is 14.7 Å². The third-order valence-corrected chi connectivity index (χ3v) is 3.96. The summed E-state index contributed by atoms with van der Waals surface area (Å²) in [4.78, 5) is 12.3. The van der Waals surface area contributed by atoms with Crippen LogP contribution in [0.15, 0.2) is 54.7 Å². The van der Waals surface area contributed by atoms with Gasteiger partial charge in [-0.05, 0) is 41.8 Å². The van der Waals surface area contributed by atoms with E-state index in [1.165, 1.54) is 30.5 Å². The minimum Gasteiger partial charge on any atom is -0.343 e. The lowest BCUT2D eigenvalue weighted by atomic mass is 9.98. The molecule has 0 saturated carbocycles. The van der Waals surface area contributed by atoms with Crippen molar-refractivity contribution in [3.05, 3.63) is 83.2 Å². The average Bonchev–Trinajstić information content (AvgIpc) is 3.09. The fourth-order valence-corrected chi connectivity index (χ4v) is 2.78. The summed E-state index contributed by atoms with van der Waals surface area (Å²) in [6.45, 7) is 0. The molecule has 3 aromatic rings. The molecule has 4 nitrogen and oxygen atoms in total. The van der Waals surface area contributed by atoms with Gasteiger partial charge in [-0.3, -0.25) is 4.79 Å². The van der Waals surface area contributed by atoms with E-state index in [4.69, 9.17) is 0 Å². The van der Waals surface area contributed by atoms with Gasteiger partial charge in [-0.25, -0.2) is 8.78 Å². The van der Waals surface area contributed by atoms with Crippen LogP contribution < -0.4 is 5.32 Å². The second-order valence-corrected chi connectivity index (χ2v) is 5.76. The first kappa shape index (κ1) is 16.2. The van der Waals surface area contributed by atoms with Crippen LogP contribution in [0.1, 0.15) is 27.7 Å². The van der Waals surface area contributed by atoms with E-state index >= 15 is 0 Å². The highest BCUT2D eigenvalue weighted by Crippen LogP contribution is 2.20. The van der Waals surface area contributed by atoms with Crippen LogP contribution in [0.5, 0.6) is 0 Å². The van der Waals surface area contributed by atoms with Gasteiger partial charge >= 0.3 is 0 Å². The fourth-order valence-electron chi connectivity index (χ4n) is 2.37. The van der Waals surface area contributed by atoms with Crippen LogP contribution >= 0.6 is 11.7 Å². The van der Waals surface area contributed by atoms with Gasteiger partial charge in [-0.1, -0.05) is 24.3 Å². The van der Waals surface area contributed by atoms with Crippen molar-refractivity contribution in [3.8, 4) is 0 Å². The number of carbonyl (C=O) groups is 1. The van der Waals surface area contributed by atoms with E-state index in [9.17, 15) is 13.6 Å². The van der Waals surface area contributed by atoms with Gasteiger partial charge in [-0.2, -0.15) is 8.75 Å². The maximum Gasteiger partial charge on any atom is 0.273 e. The second-order valence-electron chi connectivity index (χ2n) is 5.21. The molecule has 24 heavy (non-hydrogen) atoms. The number of hydrogen-bond acceptors (Lipinski definition) is 4. The Labute approximate surface area is 141 Å². The van der Waals surface area contributed by atoms with E-state index in [0.29, 0.717) is 17.5 Å². The van der Waals surface area contributed by atoms with Crippen LogP contribution in [0.3, 0.4) is 0 Å².